The van der Waals surface area contributed by atoms with Gasteiger partial charge in [0.05, 0.1) is 25.7 Å². The fourth-order valence-electron chi connectivity index (χ4n) is 1.38. The number of nitrogens with zero attached hydrogens (tertiary/aromatic N) is 2. The molecule has 0 aromatic carbocycles. The van der Waals surface area contributed by atoms with E-state index >= 15 is 0 Å². The van der Waals surface area contributed by atoms with E-state index in [1.807, 2.05) is 0 Å². The third kappa shape index (κ3) is 2.60. The number of amides is 1. The molecular weight excluding hydrogens is 220 g/mol. The number of imidazole rings is 1. The quantitative estimate of drug-likeness (QED) is 0.815. The minimum atomic E-state index is -0.232. The molecule has 6 heteroatoms. The summed E-state index contributed by atoms with van der Waals surface area (Å²) in [5.41, 5.74) is 1.25. The topological polar surface area (TPSA) is 79.9 Å². The second-order valence-electron chi connectivity index (χ2n) is 3.32. The van der Waals surface area contributed by atoms with Gasteiger partial charge in [0.2, 0.25) is 5.88 Å². The van der Waals surface area contributed by atoms with Gasteiger partial charge in [-0.3, -0.25) is 4.79 Å². The van der Waals surface area contributed by atoms with Crippen LogP contribution in [-0.2, 0) is 6.54 Å². The van der Waals surface area contributed by atoms with Gasteiger partial charge in [0.25, 0.3) is 5.91 Å². The summed E-state index contributed by atoms with van der Waals surface area (Å²) in [6, 6.07) is 3.35. The molecule has 0 unspecified atom stereocenters. The predicted octanol–water partition coefficient (Wildman–Crippen LogP) is 0.743. The van der Waals surface area contributed by atoms with Gasteiger partial charge in [-0.15, -0.1) is 0 Å². The Kier molecular flexibility index (Phi) is 3.34. The molecule has 2 N–H and O–H groups in total. The van der Waals surface area contributed by atoms with E-state index in [9.17, 15) is 4.79 Å². The molecule has 6 nitrogen and oxygen atoms in total. The third-order valence-electron chi connectivity index (χ3n) is 2.20. The van der Waals surface area contributed by atoms with E-state index in [0.29, 0.717) is 18.0 Å². The molecule has 0 radical (unpaired) electrons. The number of carbonyl (C=O) groups is 1. The number of hydrogen-bond donors (Lipinski definition) is 2. The third-order valence-corrected chi connectivity index (χ3v) is 2.20. The lowest BCUT2D eigenvalue weighted by molar-refractivity contribution is 0.0946. The average Bonchev–Trinajstić information content (AvgIpc) is 2.89. The van der Waals surface area contributed by atoms with Crippen molar-refractivity contribution in [2.45, 2.75) is 6.54 Å². The van der Waals surface area contributed by atoms with Gasteiger partial charge in [-0.05, 0) is 12.1 Å². The minimum absolute atomic E-state index is 0.232. The van der Waals surface area contributed by atoms with Crippen LogP contribution in [0, 0.1) is 0 Å². The molecule has 88 valence electrons. The molecular formula is C11H12N4O2. The summed E-state index contributed by atoms with van der Waals surface area (Å²) in [5.74, 6) is 0.0826. The van der Waals surface area contributed by atoms with Gasteiger partial charge >= 0.3 is 0 Å². The van der Waals surface area contributed by atoms with Gasteiger partial charge in [-0.2, -0.15) is 0 Å². The van der Waals surface area contributed by atoms with Crippen LogP contribution in [0.4, 0.5) is 0 Å². The fraction of sp³-hybridized carbons (Fsp3) is 0.182. The Morgan fingerprint density at radius 2 is 2.47 bits per heavy atom. The molecule has 1 amide bonds. The molecule has 2 rings (SSSR count). The number of methoxy groups -OCH3 is 1. The monoisotopic (exact) mass is 232 g/mol. The number of H-pyrrole nitrogens is 1. The second-order valence-corrected chi connectivity index (χ2v) is 3.32. The number of aromatic amines is 1. The molecule has 0 aliphatic carbocycles. The molecule has 2 heterocycles. The van der Waals surface area contributed by atoms with Crippen LogP contribution in [0.2, 0.25) is 0 Å². The first-order valence-corrected chi connectivity index (χ1v) is 5.05. The molecule has 0 aliphatic heterocycles. The number of ether oxygens (including phenoxy) is 1. The summed E-state index contributed by atoms with van der Waals surface area (Å²) < 4.78 is 5.01. The summed E-state index contributed by atoms with van der Waals surface area (Å²) in [4.78, 5) is 22.6. The number of aromatic nitrogens is 3. The van der Waals surface area contributed by atoms with E-state index in [4.69, 9.17) is 4.74 Å². The van der Waals surface area contributed by atoms with Gasteiger partial charge in [0, 0.05) is 12.4 Å². The number of hydrogen-bond acceptors (Lipinski definition) is 4. The first-order chi connectivity index (χ1) is 8.31. The van der Waals surface area contributed by atoms with E-state index in [1.54, 1.807) is 30.9 Å². The number of rotatable bonds is 4. The van der Waals surface area contributed by atoms with Crippen LogP contribution < -0.4 is 10.1 Å². The van der Waals surface area contributed by atoms with Crippen molar-refractivity contribution in [1.29, 1.82) is 0 Å². The van der Waals surface area contributed by atoms with Crippen LogP contribution >= 0.6 is 0 Å². The highest BCUT2D eigenvalue weighted by atomic mass is 16.5. The summed E-state index contributed by atoms with van der Waals surface area (Å²) in [5, 5.41) is 2.75. The Labute approximate surface area is 98.1 Å². The maximum atomic E-state index is 11.9. The number of pyridine rings is 1. The molecule has 0 atom stereocenters. The predicted molar refractivity (Wildman–Crippen MR) is 60.5 cm³/mol. The zero-order valence-electron chi connectivity index (χ0n) is 9.30. The Morgan fingerprint density at radius 1 is 1.59 bits per heavy atom. The molecule has 0 fully saturated rings. The van der Waals surface area contributed by atoms with Gasteiger partial charge in [0.15, 0.2) is 0 Å². The van der Waals surface area contributed by atoms with E-state index in [1.165, 1.54) is 7.11 Å². The highest BCUT2D eigenvalue weighted by Crippen LogP contribution is 2.13. The first-order valence-electron chi connectivity index (χ1n) is 5.05. The van der Waals surface area contributed by atoms with Crippen molar-refractivity contribution in [2.75, 3.05) is 7.11 Å². The maximum absolute atomic E-state index is 11.9. The van der Waals surface area contributed by atoms with Crippen molar-refractivity contribution in [1.82, 2.24) is 20.3 Å². The van der Waals surface area contributed by atoms with Gasteiger partial charge in [-0.1, -0.05) is 0 Å². The average molecular weight is 232 g/mol. The molecule has 0 saturated heterocycles. The van der Waals surface area contributed by atoms with Crippen LogP contribution in [0.1, 0.15) is 16.1 Å². The maximum Gasteiger partial charge on any atom is 0.257 e. The van der Waals surface area contributed by atoms with Crippen LogP contribution in [0.3, 0.4) is 0 Å². The second kappa shape index (κ2) is 5.11. The standard InChI is InChI=1S/C11H12N4O2/c1-17-11-9(3-2-4-13-11)10(16)14-6-8-5-12-7-15-8/h2-5,7H,6H2,1H3,(H,12,15)(H,14,16). The van der Waals surface area contributed by atoms with Crippen LogP contribution in [0.15, 0.2) is 30.9 Å². The van der Waals surface area contributed by atoms with Crippen molar-refractivity contribution < 1.29 is 9.53 Å². The summed E-state index contributed by atoms with van der Waals surface area (Å²) >= 11 is 0. The van der Waals surface area contributed by atoms with E-state index < -0.39 is 0 Å². The number of nitrogens with one attached hydrogen (secondary N) is 2. The number of carbonyl (C=O) groups excluding carboxylic acids is 1. The fourth-order valence-corrected chi connectivity index (χ4v) is 1.38. The lowest BCUT2D eigenvalue weighted by atomic mass is 10.2. The van der Waals surface area contributed by atoms with Crippen LogP contribution in [0.5, 0.6) is 5.88 Å². The van der Waals surface area contributed by atoms with Crippen molar-refractivity contribution in [3.63, 3.8) is 0 Å². The molecule has 0 spiro atoms. The van der Waals surface area contributed by atoms with Gasteiger partial charge < -0.3 is 15.0 Å². The molecule has 2 aromatic rings. The van der Waals surface area contributed by atoms with Crippen LogP contribution in [-0.4, -0.2) is 28.0 Å². The molecule has 0 aliphatic rings. The largest absolute Gasteiger partial charge is 0.480 e. The lowest BCUT2D eigenvalue weighted by Crippen LogP contribution is -2.23. The first kappa shape index (κ1) is 11.1. The van der Waals surface area contributed by atoms with Crippen molar-refractivity contribution in [3.8, 4) is 5.88 Å². The highest BCUT2D eigenvalue weighted by molar-refractivity contribution is 5.96. The van der Waals surface area contributed by atoms with Gasteiger partial charge in [0.1, 0.15) is 5.56 Å². The molecule has 2 aromatic heterocycles. The summed E-state index contributed by atoms with van der Waals surface area (Å²) in [6.07, 6.45) is 4.79. The molecule has 0 saturated carbocycles. The smallest absolute Gasteiger partial charge is 0.257 e. The molecule has 0 bridgehead atoms. The summed E-state index contributed by atoms with van der Waals surface area (Å²) in [6.45, 7) is 0.386. The zero-order chi connectivity index (χ0) is 12.1. The van der Waals surface area contributed by atoms with Crippen molar-refractivity contribution in [3.05, 3.63) is 42.1 Å². The normalized spacial score (nSPS) is 9.94. The Bertz CT molecular complexity index is 496. The van der Waals surface area contributed by atoms with E-state index in [0.717, 1.165) is 5.69 Å². The Morgan fingerprint density at radius 3 is 3.18 bits per heavy atom. The summed E-state index contributed by atoms with van der Waals surface area (Å²) in [7, 11) is 1.48. The SMILES string of the molecule is COc1ncccc1C(=O)NCc1cnc[nH]1. The van der Waals surface area contributed by atoms with Crippen LogP contribution in [0.25, 0.3) is 0 Å². The Balaban J connectivity index is 2.04. The van der Waals surface area contributed by atoms with Crippen molar-refractivity contribution >= 4 is 5.91 Å². The lowest BCUT2D eigenvalue weighted by Gasteiger charge is -2.06. The molecule has 17 heavy (non-hydrogen) atoms. The highest BCUT2D eigenvalue weighted by Gasteiger charge is 2.12. The van der Waals surface area contributed by atoms with E-state index in [-0.39, 0.29) is 5.91 Å². The van der Waals surface area contributed by atoms with Gasteiger partial charge in [-0.25, -0.2) is 9.97 Å². The Hall–Kier alpha value is -2.37. The van der Waals surface area contributed by atoms with E-state index in [2.05, 4.69) is 20.3 Å². The van der Waals surface area contributed by atoms with Crippen molar-refractivity contribution in [2.24, 2.45) is 0 Å². The minimum Gasteiger partial charge on any atom is -0.480 e. The zero-order valence-corrected chi connectivity index (χ0v) is 9.30.